The van der Waals surface area contributed by atoms with Gasteiger partial charge in [0, 0.05) is 0 Å². The van der Waals surface area contributed by atoms with Gasteiger partial charge in [-0.15, -0.1) is 0 Å². The number of carbonyl (C=O) groups excluding carboxylic acids is 1. The number of hydrogen-bond donors (Lipinski definition) is 2. The molecule has 1 aliphatic heterocycles. The van der Waals surface area contributed by atoms with Crippen LogP contribution in [0.3, 0.4) is 0 Å². The molecule has 1 amide bonds. The summed E-state index contributed by atoms with van der Waals surface area (Å²) >= 11 is 0. The van der Waals surface area contributed by atoms with E-state index >= 15 is 0 Å². The highest BCUT2D eigenvalue weighted by Crippen LogP contribution is 2.20. The highest BCUT2D eigenvalue weighted by molar-refractivity contribution is 5.96. The molecular formula is C11H11NO3. The lowest BCUT2D eigenvalue weighted by Gasteiger charge is -2.33. The number of carbonyl (C=O) groups is 2. The molecule has 15 heavy (non-hydrogen) atoms. The first-order valence-corrected chi connectivity index (χ1v) is 4.75. The molecule has 2 rings (SSSR count). The Bertz CT molecular complexity index is 388. The van der Waals surface area contributed by atoms with Crippen molar-refractivity contribution in [2.24, 2.45) is 5.92 Å². The van der Waals surface area contributed by atoms with Crippen molar-refractivity contribution in [1.82, 2.24) is 5.32 Å². The van der Waals surface area contributed by atoms with Crippen molar-refractivity contribution in [1.29, 1.82) is 0 Å². The molecule has 0 spiro atoms. The van der Waals surface area contributed by atoms with Crippen LogP contribution in [0.5, 0.6) is 0 Å². The Morgan fingerprint density at radius 1 is 1.33 bits per heavy atom. The lowest BCUT2D eigenvalue weighted by molar-refractivity contribution is -0.153. The van der Waals surface area contributed by atoms with Crippen molar-refractivity contribution >= 4 is 11.9 Å². The van der Waals surface area contributed by atoms with Crippen LogP contribution in [0.15, 0.2) is 30.3 Å². The fraction of sp³-hybridized carbons (Fsp3) is 0.273. The van der Waals surface area contributed by atoms with Crippen molar-refractivity contribution < 1.29 is 14.7 Å². The quantitative estimate of drug-likeness (QED) is 0.703. The Labute approximate surface area is 86.9 Å². The second-order valence-electron chi connectivity index (χ2n) is 3.62. The standard InChI is InChI=1S/C11H11NO3/c13-10-8(9(12-10)11(14)15)6-7-4-2-1-3-5-7/h1-5,8-9H,6H2,(H,12,13)(H,14,15)/t8?,9-/m0/s1. The van der Waals surface area contributed by atoms with Gasteiger partial charge in [-0.05, 0) is 12.0 Å². The van der Waals surface area contributed by atoms with E-state index in [4.69, 9.17) is 5.11 Å². The molecule has 1 fully saturated rings. The first-order chi connectivity index (χ1) is 7.18. The van der Waals surface area contributed by atoms with E-state index in [1.807, 2.05) is 30.3 Å². The fourth-order valence-electron chi connectivity index (χ4n) is 1.73. The van der Waals surface area contributed by atoms with E-state index in [9.17, 15) is 9.59 Å². The predicted molar refractivity (Wildman–Crippen MR) is 53.2 cm³/mol. The van der Waals surface area contributed by atoms with Crippen LogP contribution in [-0.2, 0) is 16.0 Å². The molecule has 0 aromatic heterocycles. The molecule has 4 nitrogen and oxygen atoms in total. The van der Waals surface area contributed by atoms with Gasteiger partial charge in [0.25, 0.3) is 0 Å². The first-order valence-electron chi connectivity index (χ1n) is 4.75. The fourth-order valence-corrected chi connectivity index (χ4v) is 1.73. The van der Waals surface area contributed by atoms with Crippen LogP contribution < -0.4 is 5.32 Å². The average molecular weight is 205 g/mol. The predicted octanol–water partition coefficient (Wildman–Crippen LogP) is 0.428. The lowest BCUT2D eigenvalue weighted by Crippen LogP contribution is -2.62. The van der Waals surface area contributed by atoms with Crippen LogP contribution in [0.4, 0.5) is 0 Å². The molecule has 1 aromatic carbocycles. The van der Waals surface area contributed by atoms with Gasteiger partial charge in [0.1, 0.15) is 6.04 Å². The minimum Gasteiger partial charge on any atom is -0.480 e. The molecule has 78 valence electrons. The molecule has 0 aliphatic carbocycles. The monoisotopic (exact) mass is 205 g/mol. The maximum Gasteiger partial charge on any atom is 0.327 e. The summed E-state index contributed by atoms with van der Waals surface area (Å²) in [5.41, 5.74) is 0.989. The smallest absolute Gasteiger partial charge is 0.327 e. The highest BCUT2D eigenvalue weighted by atomic mass is 16.4. The zero-order valence-electron chi connectivity index (χ0n) is 8.01. The van der Waals surface area contributed by atoms with Gasteiger partial charge in [0.2, 0.25) is 5.91 Å². The number of β-lactam (4-membered cyclic amide) rings is 1. The summed E-state index contributed by atoms with van der Waals surface area (Å²) in [5, 5.41) is 11.2. The molecule has 1 aromatic rings. The van der Waals surface area contributed by atoms with Crippen LogP contribution in [0.2, 0.25) is 0 Å². The number of benzene rings is 1. The second kappa shape index (κ2) is 3.73. The molecule has 1 aliphatic rings. The van der Waals surface area contributed by atoms with E-state index in [0.29, 0.717) is 6.42 Å². The number of carboxylic acid groups (broad SMARTS) is 1. The Hall–Kier alpha value is -1.84. The highest BCUT2D eigenvalue weighted by Gasteiger charge is 2.43. The van der Waals surface area contributed by atoms with Crippen LogP contribution in [0.25, 0.3) is 0 Å². The van der Waals surface area contributed by atoms with E-state index in [1.54, 1.807) is 0 Å². The minimum atomic E-state index is -0.962. The van der Waals surface area contributed by atoms with E-state index in [1.165, 1.54) is 0 Å². The molecule has 0 radical (unpaired) electrons. The van der Waals surface area contributed by atoms with E-state index in [0.717, 1.165) is 5.56 Å². The van der Waals surface area contributed by atoms with Gasteiger partial charge in [-0.3, -0.25) is 4.79 Å². The summed E-state index contributed by atoms with van der Waals surface area (Å²) < 4.78 is 0. The summed E-state index contributed by atoms with van der Waals surface area (Å²) in [6, 6.07) is 8.70. The maximum atomic E-state index is 11.2. The van der Waals surface area contributed by atoms with E-state index in [-0.39, 0.29) is 5.91 Å². The maximum absolute atomic E-state index is 11.2. The SMILES string of the molecule is O=C1N[C@H](C(=O)O)C1Cc1ccccc1. The largest absolute Gasteiger partial charge is 0.480 e. The molecule has 4 heteroatoms. The molecule has 0 saturated carbocycles. The van der Waals surface area contributed by atoms with E-state index in [2.05, 4.69) is 5.32 Å². The van der Waals surface area contributed by atoms with Crippen LogP contribution in [0.1, 0.15) is 5.56 Å². The van der Waals surface area contributed by atoms with Gasteiger partial charge in [0.05, 0.1) is 5.92 Å². The Morgan fingerprint density at radius 2 is 2.00 bits per heavy atom. The molecular weight excluding hydrogens is 194 g/mol. The number of nitrogens with one attached hydrogen (secondary N) is 1. The van der Waals surface area contributed by atoms with Gasteiger partial charge < -0.3 is 10.4 Å². The van der Waals surface area contributed by atoms with Gasteiger partial charge in [-0.1, -0.05) is 30.3 Å². The second-order valence-corrected chi connectivity index (χ2v) is 3.62. The minimum absolute atomic E-state index is 0.175. The Kier molecular flexibility index (Phi) is 2.41. The third kappa shape index (κ3) is 1.83. The summed E-state index contributed by atoms with van der Waals surface area (Å²) in [6.07, 6.45) is 0.490. The van der Waals surface area contributed by atoms with Crippen molar-refractivity contribution in [3.8, 4) is 0 Å². The van der Waals surface area contributed by atoms with Gasteiger partial charge >= 0.3 is 5.97 Å². The third-order valence-electron chi connectivity index (χ3n) is 2.60. The molecule has 2 atom stereocenters. The first kappa shape index (κ1) is 9.71. The zero-order chi connectivity index (χ0) is 10.8. The van der Waals surface area contributed by atoms with Crippen LogP contribution >= 0.6 is 0 Å². The lowest BCUT2D eigenvalue weighted by atomic mass is 9.85. The Balaban J connectivity index is 2.06. The normalized spacial score (nSPS) is 24.1. The zero-order valence-corrected chi connectivity index (χ0v) is 8.01. The molecule has 0 bridgehead atoms. The number of amides is 1. The number of carboxylic acids is 1. The average Bonchev–Trinajstić information content (AvgIpc) is 2.23. The van der Waals surface area contributed by atoms with Crippen molar-refractivity contribution in [3.63, 3.8) is 0 Å². The molecule has 1 saturated heterocycles. The molecule has 1 unspecified atom stereocenters. The topological polar surface area (TPSA) is 66.4 Å². The third-order valence-corrected chi connectivity index (χ3v) is 2.60. The van der Waals surface area contributed by atoms with Gasteiger partial charge in [-0.2, -0.15) is 0 Å². The summed E-state index contributed by atoms with van der Waals surface area (Å²) in [7, 11) is 0. The summed E-state index contributed by atoms with van der Waals surface area (Å²) in [4.78, 5) is 21.9. The van der Waals surface area contributed by atoms with Crippen molar-refractivity contribution in [2.45, 2.75) is 12.5 Å². The number of rotatable bonds is 3. The summed E-state index contributed by atoms with van der Waals surface area (Å²) in [6.45, 7) is 0. The van der Waals surface area contributed by atoms with Crippen LogP contribution in [0, 0.1) is 5.92 Å². The summed E-state index contributed by atoms with van der Waals surface area (Å²) in [5.74, 6) is -1.56. The Morgan fingerprint density at radius 3 is 2.53 bits per heavy atom. The van der Waals surface area contributed by atoms with E-state index < -0.39 is 17.9 Å². The number of aliphatic carboxylic acids is 1. The molecule has 1 heterocycles. The van der Waals surface area contributed by atoms with Crippen LogP contribution in [-0.4, -0.2) is 23.0 Å². The van der Waals surface area contributed by atoms with Gasteiger partial charge in [0.15, 0.2) is 0 Å². The molecule has 2 N–H and O–H groups in total. The van der Waals surface area contributed by atoms with Crippen molar-refractivity contribution in [3.05, 3.63) is 35.9 Å². The van der Waals surface area contributed by atoms with Gasteiger partial charge in [-0.25, -0.2) is 4.79 Å². The number of hydrogen-bond acceptors (Lipinski definition) is 2. The van der Waals surface area contributed by atoms with Crippen molar-refractivity contribution in [2.75, 3.05) is 0 Å².